The summed E-state index contributed by atoms with van der Waals surface area (Å²) < 4.78 is 1.41. The van der Waals surface area contributed by atoms with Gasteiger partial charge in [-0.2, -0.15) is 9.78 Å². The Morgan fingerprint density at radius 3 is 2.50 bits per heavy atom. The lowest BCUT2D eigenvalue weighted by Crippen LogP contribution is -2.23. The van der Waals surface area contributed by atoms with Gasteiger partial charge in [-0.3, -0.25) is 9.89 Å². The van der Waals surface area contributed by atoms with E-state index >= 15 is 0 Å². The third-order valence-electron chi connectivity index (χ3n) is 4.21. The average Bonchev–Trinajstić information content (AvgIpc) is 2.98. The predicted octanol–water partition coefficient (Wildman–Crippen LogP) is 3.09. The van der Waals surface area contributed by atoms with Crippen LogP contribution in [0.15, 0.2) is 35.1 Å². The van der Waals surface area contributed by atoms with Gasteiger partial charge >= 0.3 is 0 Å². The fourth-order valence-corrected chi connectivity index (χ4v) is 2.75. The van der Waals surface area contributed by atoms with Crippen molar-refractivity contribution in [3.63, 3.8) is 0 Å². The Morgan fingerprint density at radius 1 is 1.25 bits per heavy atom. The first-order chi connectivity index (χ1) is 11.3. The molecular weight excluding hydrogens is 300 g/mol. The highest BCUT2D eigenvalue weighted by molar-refractivity contribution is 5.60. The average molecular weight is 320 g/mol. The van der Waals surface area contributed by atoms with Crippen molar-refractivity contribution in [1.29, 1.82) is 5.26 Å². The summed E-state index contributed by atoms with van der Waals surface area (Å²) in [5.74, 6) is 0.687. The standard InChI is InChI=1S/C19H20N4O/c1-12-14(10-13-8-6-5-7-9-13)17(24)23-16(15(12)11-20)21-18(22-23)19(2,3)4/h5-9H,10H2,1-4H3,(H,21,22). The summed E-state index contributed by atoms with van der Waals surface area (Å²) in [5.41, 5.74) is 2.84. The molecule has 0 fully saturated rings. The van der Waals surface area contributed by atoms with Gasteiger partial charge in [-0.1, -0.05) is 51.1 Å². The lowest BCUT2D eigenvalue weighted by Gasteiger charge is -2.13. The summed E-state index contributed by atoms with van der Waals surface area (Å²) >= 11 is 0. The number of nitriles is 1. The zero-order valence-corrected chi connectivity index (χ0v) is 14.3. The number of H-pyrrole nitrogens is 1. The van der Waals surface area contributed by atoms with Gasteiger partial charge in [-0.25, -0.2) is 4.98 Å². The lowest BCUT2D eigenvalue weighted by atomic mass is 9.96. The Hall–Kier alpha value is -2.87. The number of aromatic amines is 1. The second-order valence-electron chi connectivity index (χ2n) is 7.04. The number of aromatic nitrogens is 3. The van der Waals surface area contributed by atoms with Crippen LogP contribution in [0, 0.1) is 18.3 Å². The van der Waals surface area contributed by atoms with Crippen molar-refractivity contribution in [3.8, 4) is 6.07 Å². The van der Waals surface area contributed by atoms with Crippen LogP contribution in [0.4, 0.5) is 0 Å². The largest absolute Gasteiger partial charge is 0.276 e. The molecule has 0 saturated heterocycles. The molecule has 2 aromatic heterocycles. The van der Waals surface area contributed by atoms with Crippen molar-refractivity contribution in [2.45, 2.75) is 39.5 Å². The minimum absolute atomic E-state index is 0.145. The first-order valence-electron chi connectivity index (χ1n) is 7.91. The van der Waals surface area contributed by atoms with E-state index in [9.17, 15) is 10.1 Å². The smallest absolute Gasteiger partial charge is 0.275 e. The molecule has 0 amide bonds. The summed E-state index contributed by atoms with van der Waals surface area (Å²) in [6.07, 6.45) is 0.493. The molecule has 3 aromatic rings. The molecule has 24 heavy (non-hydrogen) atoms. The summed E-state index contributed by atoms with van der Waals surface area (Å²) in [5, 5.41) is 12.7. The van der Waals surface area contributed by atoms with E-state index in [1.54, 1.807) is 0 Å². The molecule has 0 aliphatic rings. The summed E-state index contributed by atoms with van der Waals surface area (Å²) in [6, 6.07) is 12.0. The molecule has 2 heterocycles. The van der Waals surface area contributed by atoms with E-state index in [0.717, 1.165) is 5.56 Å². The van der Waals surface area contributed by atoms with Crippen LogP contribution in [0.25, 0.3) is 5.65 Å². The molecule has 0 spiro atoms. The van der Waals surface area contributed by atoms with Crippen LogP contribution in [0.5, 0.6) is 0 Å². The number of rotatable bonds is 2. The zero-order chi connectivity index (χ0) is 17.5. The molecule has 0 radical (unpaired) electrons. The zero-order valence-electron chi connectivity index (χ0n) is 14.3. The predicted molar refractivity (Wildman–Crippen MR) is 93.2 cm³/mol. The van der Waals surface area contributed by atoms with Gasteiger partial charge in [-0.15, -0.1) is 0 Å². The molecule has 0 aliphatic carbocycles. The quantitative estimate of drug-likeness (QED) is 0.788. The molecule has 5 nitrogen and oxygen atoms in total. The Kier molecular flexibility index (Phi) is 3.76. The Bertz CT molecular complexity index is 998. The monoisotopic (exact) mass is 320 g/mol. The Labute approximate surface area is 140 Å². The highest BCUT2D eigenvalue weighted by Crippen LogP contribution is 2.22. The van der Waals surface area contributed by atoms with Crippen molar-refractivity contribution in [2.24, 2.45) is 0 Å². The van der Waals surface area contributed by atoms with Gasteiger partial charge in [0, 0.05) is 17.4 Å². The highest BCUT2D eigenvalue weighted by Gasteiger charge is 2.23. The third kappa shape index (κ3) is 2.61. The summed E-state index contributed by atoms with van der Waals surface area (Å²) in [6.45, 7) is 7.86. The van der Waals surface area contributed by atoms with Gasteiger partial charge in [0.25, 0.3) is 5.56 Å². The molecule has 1 N–H and O–H groups in total. The minimum atomic E-state index is -0.237. The number of hydrogen-bond acceptors (Lipinski definition) is 3. The van der Waals surface area contributed by atoms with Crippen LogP contribution in [0.3, 0.4) is 0 Å². The van der Waals surface area contributed by atoms with Gasteiger partial charge < -0.3 is 0 Å². The third-order valence-corrected chi connectivity index (χ3v) is 4.21. The number of benzene rings is 1. The van der Waals surface area contributed by atoms with E-state index in [0.29, 0.717) is 34.6 Å². The van der Waals surface area contributed by atoms with E-state index in [1.807, 2.05) is 58.0 Å². The van der Waals surface area contributed by atoms with E-state index in [4.69, 9.17) is 0 Å². The maximum absolute atomic E-state index is 12.9. The van der Waals surface area contributed by atoms with E-state index in [-0.39, 0.29) is 11.0 Å². The first-order valence-corrected chi connectivity index (χ1v) is 7.91. The number of nitrogens with zero attached hydrogens (tertiary/aromatic N) is 3. The minimum Gasteiger partial charge on any atom is -0.276 e. The second-order valence-corrected chi connectivity index (χ2v) is 7.04. The van der Waals surface area contributed by atoms with Crippen LogP contribution >= 0.6 is 0 Å². The maximum atomic E-state index is 12.9. The van der Waals surface area contributed by atoms with Crippen molar-refractivity contribution >= 4 is 5.65 Å². The van der Waals surface area contributed by atoms with Crippen LogP contribution in [0.1, 0.15) is 48.8 Å². The molecule has 0 saturated carbocycles. The van der Waals surface area contributed by atoms with Gasteiger partial charge in [-0.05, 0) is 18.1 Å². The molecule has 5 heteroatoms. The van der Waals surface area contributed by atoms with Gasteiger partial charge in [0.1, 0.15) is 17.5 Å². The van der Waals surface area contributed by atoms with Crippen LogP contribution in [-0.4, -0.2) is 14.6 Å². The fraction of sp³-hybridized carbons (Fsp3) is 0.316. The molecule has 1 aromatic carbocycles. The maximum Gasteiger partial charge on any atom is 0.275 e. The van der Waals surface area contributed by atoms with Crippen molar-refractivity contribution in [3.05, 3.63) is 68.8 Å². The number of hydrogen-bond donors (Lipinski definition) is 1. The van der Waals surface area contributed by atoms with Crippen molar-refractivity contribution in [1.82, 2.24) is 14.6 Å². The van der Waals surface area contributed by atoms with E-state index < -0.39 is 0 Å². The Balaban J connectivity index is 2.28. The SMILES string of the molecule is Cc1c(Cc2ccccc2)c(=O)n2[nH]c(C(C)(C)C)nc2c1C#N. The molecule has 0 unspecified atom stereocenters. The Morgan fingerprint density at radius 2 is 1.92 bits per heavy atom. The normalized spacial score (nSPS) is 11.6. The van der Waals surface area contributed by atoms with E-state index in [1.165, 1.54) is 4.52 Å². The topological polar surface area (TPSA) is 73.9 Å². The van der Waals surface area contributed by atoms with E-state index in [2.05, 4.69) is 16.2 Å². The summed E-state index contributed by atoms with van der Waals surface area (Å²) in [7, 11) is 0. The van der Waals surface area contributed by atoms with Gasteiger partial charge in [0.15, 0.2) is 5.65 Å². The van der Waals surface area contributed by atoms with Crippen LogP contribution in [0.2, 0.25) is 0 Å². The molecule has 0 aliphatic heterocycles. The molecule has 3 rings (SSSR count). The molecule has 0 atom stereocenters. The fourth-order valence-electron chi connectivity index (χ4n) is 2.75. The van der Waals surface area contributed by atoms with Crippen molar-refractivity contribution in [2.75, 3.05) is 0 Å². The number of fused-ring (bicyclic) bond motifs is 1. The number of nitrogens with one attached hydrogen (secondary N) is 1. The molecule has 122 valence electrons. The van der Waals surface area contributed by atoms with Gasteiger partial charge in [0.2, 0.25) is 0 Å². The summed E-state index contributed by atoms with van der Waals surface area (Å²) in [4.78, 5) is 17.5. The number of pyridine rings is 1. The molecule has 0 bridgehead atoms. The lowest BCUT2D eigenvalue weighted by molar-refractivity contribution is 0.544. The first kappa shape index (κ1) is 16.0. The highest BCUT2D eigenvalue weighted by atomic mass is 16.1. The molecular formula is C19H20N4O. The van der Waals surface area contributed by atoms with Crippen LogP contribution < -0.4 is 5.56 Å². The van der Waals surface area contributed by atoms with Gasteiger partial charge in [0.05, 0.1) is 0 Å². The second kappa shape index (κ2) is 5.64. The van der Waals surface area contributed by atoms with Crippen molar-refractivity contribution < 1.29 is 0 Å². The van der Waals surface area contributed by atoms with Crippen LogP contribution in [-0.2, 0) is 11.8 Å².